The first-order valence-corrected chi connectivity index (χ1v) is 13.4. The van der Waals surface area contributed by atoms with E-state index in [9.17, 15) is 13.2 Å². The Kier molecular flexibility index (Phi) is 8.40. The van der Waals surface area contributed by atoms with Crippen molar-refractivity contribution in [1.82, 2.24) is 20.1 Å². The summed E-state index contributed by atoms with van der Waals surface area (Å²) < 4.78 is 58.6. The number of nitrogens with two attached hydrogens (primary N) is 1. The van der Waals surface area contributed by atoms with Gasteiger partial charge in [-0.3, -0.25) is 0 Å². The van der Waals surface area contributed by atoms with Gasteiger partial charge >= 0.3 is 6.01 Å². The Balaban J connectivity index is 1.19. The van der Waals surface area contributed by atoms with Gasteiger partial charge in [-0.15, -0.1) is 0 Å². The largest absolute Gasteiger partial charge is 0.484 e. The second-order valence-electron chi connectivity index (χ2n) is 10.7. The second kappa shape index (κ2) is 12.0. The van der Waals surface area contributed by atoms with E-state index in [0.29, 0.717) is 42.8 Å². The minimum Gasteiger partial charge on any atom is -0.484 e. The first kappa shape index (κ1) is 28.1. The summed E-state index contributed by atoms with van der Waals surface area (Å²) in [7, 11) is 1.64. The van der Waals surface area contributed by atoms with Gasteiger partial charge in [-0.25, -0.2) is 23.1 Å². The number of anilines is 2. The zero-order chi connectivity index (χ0) is 28.4. The summed E-state index contributed by atoms with van der Waals surface area (Å²) in [6.45, 7) is 6.60. The molecule has 5 rings (SSSR count). The van der Waals surface area contributed by atoms with E-state index >= 15 is 0 Å². The Morgan fingerprint density at radius 2 is 1.73 bits per heavy atom. The molecular weight excluding hydrogens is 527 g/mol. The summed E-state index contributed by atoms with van der Waals surface area (Å²) in [5.41, 5.74) is 6.28. The molecule has 2 aliphatic heterocycles. The van der Waals surface area contributed by atoms with Crippen LogP contribution in [0.1, 0.15) is 49.9 Å². The number of ether oxygens (including phenoxy) is 2. The van der Waals surface area contributed by atoms with E-state index in [1.165, 1.54) is 0 Å². The number of halogens is 3. The van der Waals surface area contributed by atoms with Gasteiger partial charge < -0.3 is 29.5 Å². The van der Waals surface area contributed by atoms with Crippen molar-refractivity contribution in [2.24, 2.45) is 11.7 Å². The van der Waals surface area contributed by atoms with Gasteiger partial charge in [0.2, 0.25) is 5.95 Å². The molecule has 2 aliphatic rings. The maximum atomic E-state index is 14.4. The summed E-state index contributed by atoms with van der Waals surface area (Å²) in [5, 5.41) is 4.06. The summed E-state index contributed by atoms with van der Waals surface area (Å²) in [6, 6.07) is 1.48. The third kappa shape index (κ3) is 5.99. The van der Waals surface area contributed by atoms with E-state index in [4.69, 9.17) is 19.7 Å². The second-order valence-corrected chi connectivity index (χ2v) is 10.7. The molecule has 0 aliphatic carbocycles. The Morgan fingerprint density at radius 3 is 2.38 bits per heavy atom. The number of rotatable bonds is 9. The van der Waals surface area contributed by atoms with Crippen LogP contribution in [-0.4, -0.2) is 72.2 Å². The fourth-order valence-electron chi connectivity index (χ4n) is 5.33. The highest BCUT2D eigenvalue weighted by Crippen LogP contribution is 2.32. The number of methoxy groups -OCH3 is 1. The van der Waals surface area contributed by atoms with Gasteiger partial charge in [0, 0.05) is 63.2 Å². The molecule has 3 atom stereocenters. The van der Waals surface area contributed by atoms with Crippen LogP contribution >= 0.6 is 0 Å². The lowest BCUT2D eigenvalue weighted by Gasteiger charge is -2.34. The molecule has 0 amide bonds. The van der Waals surface area contributed by atoms with Crippen LogP contribution in [0.2, 0.25) is 0 Å². The van der Waals surface area contributed by atoms with Crippen LogP contribution in [0, 0.1) is 23.4 Å². The van der Waals surface area contributed by atoms with Crippen LogP contribution in [0.3, 0.4) is 0 Å². The molecule has 216 valence electrons. The summed E-state index contributed by atoms with van der Waals surface area (Å²) in [5.74, 6) is -1.65. The predicted molar refractivity (Wildman–Crippen MR) is 141 cm³/mol. The number of nitrogens with zero attached hydrogens (tertiary/aromatic N) is 6. The van der Waals surface area contributed by atoms with E-state index in [1.807, 2.05) is 13.8 Å². The third-order valence-electron chi connectivity index (χ3n) is 7.60. The summed E-state index contributed by atoms with van der Waals surface area (Å²) >= 11 is 0. The topological polar surface area (TPSA) is 116 Å². The molecule has 0 radical (unpaired) electrons. The zero-order valence-corrected chi connectivity index (χ0v) is 22.8. The number of benzene rings is 1. The maximum Gasteiger partial charge on any atom is 0.324 e. The lowest BCUT2D eigenvalue weighted by molar-refractivity contribution is 0.0340. The standard InChI is InChI=1S/C27H34F3N7O3/c1-15(2)25-34-27(40-35-25)36-6-4-16(5-7-36)24(14-38-3)39-17-10-32-26(33-11-17)37-12-19(23(31)13-37)18-8-21(29)22(30)9-20(18)28/h8-11,15-16,19,23-24H,4-7,12-14,31H2,1-3H3/t19-,23+,24?/m1/s1. The average Bonchev–Trinajstić information content (AvgIpc) is 3.59. The average molecular weight is 562 g/mol. The molecular formula is C27H34F3N7O3. The number of piperidine rings is 1. The van der Waals surface area contributed by atoms with E-state index in [-0.39, 0.29) is 30.0 Å². The molecule has 1 aromatic carbocycles. The zero-order valence-electron chi connectivity index (χ0n) is 22.8. The molecule has 0 saturated carbocycles. The van der Waals surface area contributed by atoms with Crippen molar-refractivity contribution in [2.45, 2.75) is 50.7 Å². The normalized spacial score (nSPS) is 20.9. The van der Waals surface area contributed by atoms with Crippen molar-refractivity contribution in [1.29, 1.82) is 0 Å². The highest BCUT2D eigenvalue weighted by Gasteiger charge is 2.35. The molecule has 3 aromatic rings. The van der Waals surface area contributed by atoms with Crippen LogP contribution in [0.4, 0.5) is 25.1 Å². The Labute approximate surface area is 230 Å². The lowest BCUT2D eigenvalue weighted by Crippen LogP contribution is -2.41. The molecule has 2 aromatic heterocycles. The molecule has 4 heterocycles. The van der Waals surface area contributed by atoms with Gasteiger partial charge in [0.1, 0.15) is 11.9 Å². The molecule has 10 nitrogen and oxygen atoms in total. The Morgan fingerprint density at radius 1 is 1.02 bits per heavy atom. The van der Waals surface area contributed by atoms with Crippen molar-refractivity contribution in [3.8, 4) is 5.75 Å². The van der Waals surface area contributed by atoms with Crippen LogP contribution in [0.5, 0.6) is 5.75 Å². The predicted octanol–water partition coefficient (Wildman–Crippen LogP) is 3.64. The highest BCUT2D eigenvalue weighted by molar-refractivity contribution is 5.39. The van der Waals surface area contributed by atoms with E-state index in [0.717, 1.165) is 32.0 Å². The van der Waals surface area contributed by atoms with E-state index < -0.39 is 29.4 Å². The van der Waals surface area contributed by atoms with Crippen molar-refractivity contribution < 1.29 is 27.2 Å². The molecule has 13 heteroatoms. The van der Waals surface area contributed by atoms with E-state index in [1.54, 1.807) is 24.4 Å². The van der Waals surface area contributed by atoms with Crippen molar-refractivity contribution >= 4 is 12.0 Å². The van der Waals surface area contributed by atoms with Crippen molar-refractivity contribution in [3.05, 3.63) is 53.4 Å². The Bertz CT molecular complexity index is 1280. The van der Waals surface area contributed by atoms with Gasteiger partial charge in [-0.1, -0.05) is 19.0 Å². The van der Waals surface area contributed by atoms with Gasteiger partial charge in [-0.2, -0.15) is 4.98 Å². The van der Waals surface area contributed by atoms with Crippen LogP contribution in [0.15, 0.2) is 29.0 Å². The monoisotopic (exact) mass is 561 g/mol. The molecule has 2 fully saturated rings. The highest BCUT2D eigenvalue weighted by atomic mass is 19.2. The van der Waals surface area contributed by atoms with Gasteiger partial charge in [0.05, 0.1) is 19.0 Å². The first-order valence-electron chi connectivity index (χ1n) is 13.4. The minimum atomic E-state index is -1.23. The van der Waals surface area contributed by atoms with Crippen LogP contribution in [-0.2, 0) is 4.74 Å². The molecule has 1 unspecified atom stereocenters. The molecule has 2 N–H and O–H groups in total. The molecule has 0 spiro atoms. The summed E-state index contributed by atoms with van der Waals surface area (Å²) in [6.07, 6.45) is 4.70. The lowest BCUT2D eigenvalue weighted by atomic mass is 9.91. The van der Waals surface area contributed by atoms with Gasteiger partial charge in [0.25, 0.3) is 0 Å². The SMILES string of the molecule is COCC(Oc1cnc(N2C[C@H](c3cc(F)c(F)cc3F)[C@@H](N)C2)nc1)C1CCN(c2nc(C(C)C)no2)CC1. The number of aromatic nitrogens is 4. The smallest absolute Gasteiger partial charge is 0.324 e. The Hall–Kier alpha value is -3.45. The molecule has 0 bridgehead atoms. The fourth-order valence-corrected chi connectivity index (χ4v) is 5.33. The number of hydrogen-bond acceptors (Lipinski definition) is 10. The van der Waals surface area contributed by atoms with Crippen molar-refractivity contribution in [3.63, 3.8) is 0 Å². The maximum absolute atomic E-state index is 14.4. The van der Waals surface area contributed by atoms with Crippen LogP contribution < -0.4 is 20.3 Å². The van der Waals surface area contributed by atoms with Crippen LogP contribution in [0.25, 0.3) is 0 Å². The minimum absolute atomic E-state index is 0.0433. The van der Waals surface area contributed by atoms with Gasteiger partial charge in [0.15, 0.2) is 23.2 Å². The fraction of sp³-hybridized carbons (Fsp3) is 0.556. The quantitative estimate of drug-likeness (QED) is 0.388. The van der Waals surface area contributed by atoms with Crippen molar-refractivity contribution in [2.75, 3.05) is 49.7 Å². The summed E-state index contributed by atoms with van der Waals surface area (Å²) in [4.78, 5) is 17.3. The van der Waals surface area contributed by atoms with Gasteiger partial charge in [-0.05, 0) is 24.5 Å². The molecule has 2 saturated heterocycles. The number of hydrogen-bond donors (Lipinski definition) is 1. The third-order valence-corrected chi connectivity index (χ3v) is 7.60. The molecule has 40 heavy (non-hydrogen) atoms. The first-order chi connectivity index (χ1) is 19.2. The van der Waals surface area contributed by atoms with E-state index in [2.05, 4.69) is 25.0 Å².